The van der Waals surface area contributed by atoms with Gasteiger partial charge in [-0.3, -0.25) is 0 Å². The van der Waals surface area contributed by atoms with Crippen LogP contribution in [0.25, 0.3) is 11.1 Å². The molecule has 0 saturated carbocycles. The number of hydrogen-bond acceptors (Lipinski definition) is 5. The molecular formula is C28H29NO5. The zero-order valence-corrected chi connectivity index (χ0v) is 19.0. The number of aliphatic hydroxyl groups is 1. The molecule has 2 N–H and O–H groups in total. The number of aliphatic hydroxyl groups excluding tert-OH is 1. The maximum Gasteiger partial charge on any atom is 0.407 e. The first-order chi connectivity index (χ1) is 16.7. The molecule has 0 aromatic heterocycles. The second kappa shape index (κ2) is 11.5. The zero-order chi connectivity index (χ0) is 23.8. The van der Waals surface area contributed by atoms with Crippen LogP contribution in [0.1, 0.15) is 41.9 Å². The lowest BCUT2D eigenvalue weighted by Gasteiger charge is -2.19. The van der Waals surface area contributed by atoms with Gasteiger partial charge >= 0.3 is 12.1 Å². The average Bonchev–Trinajstić information content (AvgIpc) is 3.20. The van der Waals surface area contributed by atoms with E-state index in [1.165, 1.54) is 0 Å². The van der Waals surface area contributed by atoms with Gasteiger partial charge in [-0.25, -0.2) is 9.59 Å². The van der Waals surface area contributed by atoms with E-state index in [1.54, 1.807) is 0 Å². The second-order valence-electron chi connectivity index (χ2n) is 8.34. The van der Waals surface area contributed by atoms with Crippen LogP contribution in [-0.2, 0) is 20.9 Å². The Bertz CT molecular complexity index is 1070. The highest BCUT2D eigenvalue weighted by Crippen LogP contribution is 2.44. The fourth-order valence-corrected chi connectivity index (χ4v) is 4.32. The number of carbonyl (C=O) groups excluding carboxylic acids is 2. The summed E-state index contributed by atoms with van der Waals surface area (Å²) < 4.78 is 11.0. The van der Waals surface area contributed by atoms with E-state index in [9.17, 15) is 9.59 Å². The van der Waals surface area contributed by atoms with Crippen LogP contribution < -0.4 is 5.32 Å². The van der Waals surface area contributed by atoms with Crippen molar-refractivity contribution in [3.05, 3.63) is 95.6 Å². The van der Waals surface area contributed by atoms with Gasteiger partial charge in [0.15, 0.2) is 0 Å². The monoisotopic (exact) mass is 459 g/mol. The lowest BCUT2D eigenvalue weighted by molar-refractivity contribution is -0.147. The van der Waals surface area contributed by atoms with Gasteiger partial charge in [0.1, 0.15) is 19.3 Å². The summed E-state index contributed by atoms with van der Waals surface area (Å²) in [5.41, 5.74) is 5.42. The molecule has 34 heavy (non-hydrogen) atoms. The van der Waals surface area contributed by atoms with Crippen molar-refractivity contribution in [1.29, 1.82) is 0 Å². The summed E-state index contributed by atoms with van der Waals surface area (Å²) in [5.74, 6) is -0.577. The van der Waals surface area contributed by atoms with Crippen molar-refractivity contribution >= 4 is 12.1 Å². The van der Waals surface area contributed by atoms with E-state index in [0.29, 0.717) is 19.3 Å². The number of carbonyl (C=O) groups is 2. The fraction of sp³-hybridized carbons (Fsp3) is 0.286. The highest BCUT2D eigenvalue weighted by Gasteiger charge is 2.30. The number of esters is 1. The number of unbranched alkanes of at least 4 members (excludes halogenated alkanes) is 1. The number of benzene rings is 3. The predicted octanol–water partition coefficient (Wildman–Crippen LogP) is 4.80. The van der Waals surface area contributed by atoms with Crippen LogP contribution in [0.4, 0.5) is 4.79 Å². The molecule has 0 aliphatic heterocycles. The van der Waals surface area contributed by atoms with Crippen LogP contribution in [0.5, 0.6) is 0 Å². The molecule has 6 heteroatoms. The minimum absolute atomic E-state index is 0.0245. The molecule has 1 amide bonds. The number of fused-ring (bicyclic) bond motifs is 3. The van der Waals surface area contributed by atoms with Crippen molar-refractivity contribution in [2.75, 3.05) is 13.2 Å². The smallest absolute Gasteiger partial charge is 0.407 e. The second-order valence-corrected chi connectivity index (χ2v) is 8.34. The Labute approximate surface area is 199 Å². The molecule has 0 radical (unpaired) electrons. The van der Waals surface area contributed by atoms with E-state index >= 15 is 0 Å². The summed E-state index contributed by atoms with van der Waals surface area (Å²) in [4.78, 5) is 25.3. The van der Waals surface area contributed by atoms with Crippen molar-refractivity contribution in [2.24, 2.45) is 0 Å². The molecule has 3 aromatic carbocycles. The molecule has 6 nitrogen and oxygen atoms in total. The molecule has 0 fully saturated rings. The lowest BCUT2D eigenvalue weighted by Crippen LogP contribution is -2.42. The highest BCUT2D eigenvalue weighted by molar-refractivity contribution is 5.82. The van der Waals surface area contributed by atoms with Gasteiger partial charge in [-0.1, -0.05) is 78.9 Å². The maximum absolute atomic E-state index is 12.7. The highest BCUT2D eigenvalue weighted by atomic mass is 16.6. The van der Waals surface area contributed by atoms with Crippen molar-refractivity contribution in [2.45, 2.75) is 37.8 Å². The molecule has 1 unspecified atom stereocenters. The van der Waals surface area contributed by atoms with E-state index in [1.807, 2.05) is 54.6 Å². The lowest BCUT2D eigenvalue weighted by atomic mass is 9.98. The van der Waals surface area contributed by atoms with Crippen LogP contribution >= 0.6 is 0 Å². The van der Waals surface area contributed by atoms with Crippen LogP contribution in [0.15, 0.2) is 78.9 Å². The summed E-state index contributed by atoms with van der Waals surface area (Å²) in [5, 5.41) is 11.8. The maximum atomic E-state index is 12.7. The summed E-state index contributed by atoms with van der Waals surface area (Å²) in [7, 11) is 0. The van der Waals surface area contributed by atoms with E-state index < -0.39 is 18.1 Å². The van der Waals surface area contributed by atoms with Gasteiger partial charge in [0, 0.05) is 12.5 Å². The number of nitrogens with one attached hydrogen (secondary N) is 1. The molecule has 0 spiro atoms. The molecule has 0 heterocycles. The summed E-state index contributed by atoms with van der Waals surface area (Å²) in [6.45, 7) is 0.321. The molecular weight excluding hydrogens is 430 g/mol. The number of amides is 1. The Balaban J connectivity index is 1.37. The van der Waals surface area contributed by atoms with E-state index in [0.717, 1.165) is 27.8 Å². The number of ether oxygens (including phenoxy) is 2. The largest absolute Gasteiger partial charge is 0.459 e. The Morgan fingerprint density at radius 1 is 0.824 bits per heavy atom. The van der Waals surface area contributed by atoms with Gasteiger partial charge < -0.3 is 19.9 Å². The third kappa shape index (κ3) is 5.64. The first-order valence-corrected chi connectivity index (χ1v) is 11.6. The van der Waals surface area contributed by atoms with Gasteiger partial charge in [0.2, 0.25) is 0 Å². The first-order valence-electron chi connectivity index (χ1n) is 11.6. The Morgan fingerprint density at radius 3 is 2.09 bits per heavy atom. The molecule has 4 rings (SSSR count). The van der Waals surface area contributed by atoms with Crippen LogP contribution in [0.2, 0.25) is 0 Å². The van der Waals surface area contributed by atoms with Crippen molar-refractivity contribution in [3.8, 4) is 11.1 Å². The molecule has 0 saturated heterocycles. The summed E-state index contributed by atoms with van der Waals surface area (Å²) in [6, 6.07) is 24.8. The number of rotatable bonds is 10. The topological polar surface area (TPSA) is 84.9 Å². The van der Waals surface area contributed by atoms with Crippen LogP contribution in [0, 0.1) is 0 Å². The third-order valence-electron chi connectivity index (χ3n) is 6.05. The molecule has 1 aliphatic carbocycles. The van der Waals surface area contributed by atoms with Crippen molar-refractivity contribution < 1.29 is 24.2 Å². The first kappa shape index (κ1) is 23.5. The standard InChI is InChI=1S/C28H29NO5/c30-17-9-8-16-26(27(31)33-18-20-10-2-1-3-11-20)29-28(32)34-19-25-23-14-6-4-12-21(23)22-13-5-7-15-24(22)25/h1-7,10-15,25-26,30H,8-9,16-19H2,(H,29,32). The van der Waals surface area contributed by atoms with Gasteiger partial charge in [-0.2, -0.15) is 0 Å². The third-order valence-corrected chi connectivity index (χ3v) is 6.05. The minimum atomic E-state index is -0.842. The SMILES string of the molecule is O=C(NC(CCCCO)C(=O)OCc1ccccc1)OCC1c2ccccc2-c2ccccc21. The van der Waals surface area contributed by atoms with Crippen LogP contribution in [0.3, 0.4) is 0 Å². The number of hydrogen-bond donors (Lipinski definition) is 2. The van der Waals surface area contributed by atoms with E-state index in [4.69, 9.17) is 14.6 Å². The Hall–Kier alpha value is -3.64. The van der Waals surface area contributed by atoms with Gasteiger partial charge in [-0.05, 0) is 47.1 Å². The fourth-order valence-electron chi connectivity index (χ4n) is 4.32. The van der Waals surface area contributed by atoms with Crippen LogP contribution in [-0.4, -0.2) is 36.4 Å². The molecule has 3 aromatic rings. The van der Waals surface area contributed by atoms with E-state index in [2.05, 4.69) is 29.6 Å². The van der Waals surface area contributed by atoms with Crippen molar-refractivity contribution in [1.82, 2.24) is 5.32 Å². The summed E-state index contributed by atoms with van der Waals surface area (Å²) in [6.07, 6.45) is 0.811. The normalized spacial score (nSPS) is 13.0. The molecule has 0 bridgehead atoms. The summed E-state index contributed by atoms with van der Waals surface area (Å²) >= 11 is 0. The molecule has 1 aliphatic rings. The Morgan fingerprint density at radius 2 is 1.44 bits per heavy atom. The molecule has 1 atom stereocenters. The predicted molar refractivity (Wildman–Crippen MR) is 129 cm³/mol. The zero-order valence-electron chi connectivity index (χ0n) is 19.0. The number of alkyl carbamates (subject to hydrolysis) is 1. The van der Waals surface area contributed by atoms with Gasteiger partial charge in [-0.15, -0.1) is 0 Å². The average molecular weight is 460 g/mol. The minimum Gasteiger partial charge on any atom is -0.459 e. The Kier molecular flexibility index (Phi) is 7.94. The molecule has 176 valence electrons. The van der Waals surface area contributed by atoms with Gasteiger partial charge in [0.25, 0.3) is 0 Å². The van der Waals surface area contributed by atoms with Gasteiger partial charge in [0.05, 0.1) is 0 Å². The quantitative estimate of drug-likeness (QED) is 0.336. The van der Waals surface area contributed by atoms with E-state index in [-0.39, 0.29) is 25.7 Å². The van der Waals surface area contributed by atoms with Crippen molar-refractivity contribution in [3.63, 3.8) is 0 Å².